The molecule has 230 valence electrons. The molecule has 11 nitrogen and oxygen atoms in total. The van der Waals surface area contributed by atoms with Crippen molar-refractivity contribution in [2.45, 2.75) is 23.1 Å². The first-order valence-electron chi connectivity index (χ1n) is 13.5. The predicted octanol–water partition coefficient (Wildman–Crippen LogP) is 5.58. The molecule has 0 saturated carbocycles. The zero-order valence-corrected chi connectivity index (χ0v) is 26.1. The average Bonchev–Trinajstić information content (AvgIpc) is 3.72. The van der Waals surface area contributed by atoms with Crippen molar-refractivity contribution >= 4 is 51.3 Å². The Bertz CT molecular complexity index is 1970. The van der Waals surface area contributed by atoms with Crippen LogP contribution < -0.4 is 19.1 Å². The van der Waals surface area contributed by atoms with Gasteiger partial charge in [-0.2, -0.15) is 0 Å². The Balaban J connectivity index is 1.51. The maximum absolute atomic E-state index is 14.2. The Morgan fingerprint density at radius 3 is 2.42 bits per heavy atom. The number of hydrogen-bond acceptors (Lipinski definition) is 11. The van der Waals surface area contributed by atoms with E-state index in [9.17, 15) is 19.1 Å². The van der Waals surface area contributed by atoms with Crippen molar-refractivity contribution in [3.05, 3.63) is 94.7 Å². The highest BCUT2D eigenvalue weighted by atomic mass is 32.2. The zero-order valence-electron chi connectivity index (χ0n) is 24.5. The minimum atomic E-state index is -1.16. The van der Waals surface area contributed by atoms with Gasteiger partial charge in [-0.1, -0.05) is 47.4 Å². The minimum Gasteiger partial charge on any atom is -0.505 e. The Morgan fingerprint density at radius 2 is 1.73 bits per heavy atom. The number of fused-ring (bicyclic) bond motifs is 1. The SMILES string of the molecule is COc1cc(C2C(=C(O)c3c(C)nc4ccccn34)C(=O)C(=O)N2c2nnc(SCc3ccccc3F)s2)cc(OC)c1OC. The highest BCUT2D eigenvalue weighted by Crippen LogP contribution is 2.48. The summed E-state index contributed by atoms with van der Waals surface area (Å²) in [6, 6.07) is 13.8. The number of aliphatic hydroxyl groups excluding tert-OH is 1. The van der Waals surface area contributed by atoms with Crippen molar-refractivity contribution < 1.29 is 33.3 Å². The molecule has 3 aromatic heterocycles. The fourth-order valence-corrected chi connectivity index (χ4v) is 7.10. The number of ether oxygens (including phenoxy) is 3. The van der Waals surface area contributed by atoms with E-state index in [1.54, 1.807) is 66.1 Å². The topological polar surface area (TPSA) is 128 Å². The van der Waals surface area contributed by atoms with Crippen molar-refractivity contribution in [2.75, 3.05) is 26.2 Å². The first kappa shape index (κ1) is 30.1. The molecule has 1 aliphatic rings. The van der Waals surface area contributed by atoms with Crippen molar-refractivity contribution in [3.8, 4) is 17.2 Å². The maximum Gasteiger partial charge on any atom is 0.301 e. The lowest BCUT2D eigenvalue weighted by molar-refractivity contribution is -0.132. The molecule has 0 bridgehead atoms. The van der Waals surface area contributed by atoms with Gasteiger partial charge in [-0.25, -0.2) is 9.37 Å². The number of pyridine rings is 1. The molecule has 1 unspecified atom stereocenters. The van der Waals surface area contributed by atoms with E-state index in [4.69, 9.17) is 14.2 Å². The van der Waals surface area contributed by atoms with Gasteiger partial charge in [0.1, 0.15) is 17.2 Å². The third-order valence-electron chi connectivity index (χ3n) is 7.29. The number of thioether (sulfide) groups is 1. The molecular weight excluding hydrogens is 622 g/mol. The van der Waals surface area contributed by atoms with Crippen LogP contribution in [0.1, 0.15) is 28.6 Å². The van der Waals surface area contributed by atoms with Gasteiger partial charge < -0.3 is 19.3 Å². The van der Waals surface area contributed by atoms with E-state index < -0.39 is 23.5 Å². The van der Waals surface area contributed by atoms with Crippen molar-refractivity contribution in [3.63, 3.8) is 0 Å². The quantitative estimate of drug-likeness (QED) is 0.0712. The number of aryl methyl sites for hydroxylation is 1. The lowest BCUT2D eigenvalue weighted by atomic mass is 9.95. The molecule has 0 spiro atoms. The Labute approximate surface area is 264 Å². The van der Waals surface area contributed by atoms with E-state index in [2.05, 4.69) is 15.2 Å². The molecule has 6 rings (SSSR count). The van der Waals surface area contributed by atoms with Crippen LogP contribution >= 0.6 is 23.1 Å². The average molecular weight is 648 g/mol. The number of anilines is 1. The van der Waals surface area contributed by atoms with Gasteiger partial charge in [-0.05, 0) is 48.4 Å². The molecule has 0 radical (unpaired) electrons. The van der Waals surface area contributed by atoms with Gasteiger partial charge in [0.15, 0.2) is 21.6 Å². The largest absolute Gasteiger partial charge is 0.505 e. The van der Waals surface area contributed by atoms with Crippen molar-refractivity contribution in [2.24, 2.45) is 0 Å². The predicted molar refractivity (Wildman–Crippen MR) is 167 cm³/mol. The first-order valence-corrected chi connectivity index (χ1v) is 15.3. The second kappa shape index (κ2) is 12.2. The van der Waals surface area contributed by atoms with Crippen LogP contribution in [0.2, 0.25) is 0 Å². The molecule has 5 aromatic rings. The number of aromatic nitrogens is 4. The van der Waals surface area contributed by atoms with E-state index in [1.165, 1.54) is 44.1 Å². The molecule has 1 amide bonds. The van der Waals surface area contributed by atoms with Crippen molar-refractivity contribution in [1.29, 1.82) is 0 Å². The molecule has 1 saturated heterocycles. The number of rotatable bonds is 9. The number of aliphatic hydroxyl groups is 1. The van der Waals surface area contributed by atoms with E-state index >= 15 is 0 Å². The number of methoxy groups -OCH3 is 3. The van der Waals surface area contributed by atoms with Gasteiger partial charge in [0.05, 0.1) is 38.6 Å². The highest BCUT2D eigenvalue weighted by Gasteiger charge is 2.49. The molecule has 2 aromatic carbocycles. The second-order valence-electron chi connectivity index (χ2n) is 9.83. The first-order chi connectivity index (χ1) is 21.8. The number of carbonyl (C=O) groups excluding carboxylic acids is 2. The molecule has 14 heteroatoms. The number of ketones is 1. The van der Waals surface area contributed by atoms with E-state index in [0.717, 1.165) is 11.3 Å². The van der Waals surface area contributed by atoms with E-state index in [-0.39, 0.29) is 39.5 Å². The fraction of sp³-hybridized carbons (Fsp3) is 0.194. The summed E-state index contributed by atoms with van der Waals surface area (Å²) in [6.07, 6.45) is 1.71. The highest BCUT2D eigenvalue weighted by molar-refractivity contribution is 8.00. The number of imidazole rings is 1. The standard InChI is InChI=1S/C31H26FN5O6S2/c1-16-24(36-12-8-7-11-22(36)33-16)26(38)23-25(18-13-20(41-2)28(43-4)21(14-18)42-3)37(29(40)27(23)39)30-34-35-31(45-30)44-15-17-9-5-6-10-19(17)32/h5-14,25,38H,15H2,1-4H3. The number of hydrogen-bond donors (Lipinski definition) is 1. The van der Waals surface area contributed by atoms with Gasteiger partial charge in [0.2, 0.25) is 10.9 Å². The third-order valence-corrected chi connectivity index (χ3v) is 9.39. The van der Waals surface area contributed by atoms with Crippen LogP contribution in [0.25, 0.3) is 11.4 Å². The lowest BCUT2D eigenvalue weighted by Gasteiger charge is -2.24. The van der Waals surface area contributed by atoms with Gasteiger partial charge in [-0.15, -0.1) is 10.2 Å². The Hall–Kier alpha value is -4.95. The number of carbonyl (C=O) groups is 2. The lowest BCUT2D eigenvalue weighted by Crippen LogP contribution is -2.29. The molecule has 4 heterocycles. The smallest absolute Gasteiger partial charge is 0.301 e. The van der Waals surface area contributed by atoms with Crippen LogP contribution in [-0.2, 0) is 15.3 Å². The monoisotopic (exact) mass is 647 g/mol. The van der Waals surface area contributed by atoms with Crippen LogP contribution in [-0.4, -0.2) is 57.7 Å². The number of benzene rings is 2. The fourth-order valence-electron chi connectivity index (χ4n) is 5.24. The van der Waals surface area contributed by atoms with Crippen LogP contribution in [0, 0.1) is 12.7 Å². The van der Waals surface area contributed by atoms with Gasteiger partial charge in [-0.3, -0.25) is 18.9 Å². The summed E-state index contributed by atoms with van der Waals surface area (Å²) in [6.45, 7) is 1.70. The van der Waals surface area contributed by atoms with Gasteiger partial charge in [0, 0.05) is 11.9 Å². The van der Waals surface area contributed by atoms with Gasteiger partial charge in [0.25, 0.3) is 5.78 Å². The normalized spacial score (nSPS) is 16.0. The molecule has 1 N–H and O–H groups in total. The summed E-state index contributed by atoms with van der Waals surface area (Å²) < 4.78 is 32.9. The maximum atomic E-state index is 14.2. The third kappa shape index (κ3) is 5.25. The Kier molecular flexibility index (Phi) is 8.16. The zero-order chi connectivity index (χ0) is 31.8. The summed E-state index contributed by atoms with van der Waals surface area (Å²) >= 11 is 2.31. The van der Waals surface area contributed by atoms with Crippen LogP contribution in [0.5, 0.6) is 17.2 Å². The minimum absolute atomic E-state index is 0.112. The second-order valence-corrected chi connectivity index (χ2v) is 12.0. The summed E-state index contributed by atoms with van der Waals surface area (Å²) in [7, 11) is 4.36. The van der Waals surface area contributed by atoms with Crippen molar-refractivity contribution in [1.82, 2.24) is 19.6 Å². The summed E-state index contributed by atoms with van der Waals surface area (Å²) in [5.41, 5.74) is 1.96. The van der Waals surface area contributed by atoms with Crippen LogP contribution in [0.15, 0.2) is 70.7 Å². The molecule has 1 aliphatic heterocycles. The molecular formula is C31H26FN5O6S2. The molecule has 45 heavy (non-hydrogen) atoms. The summed E-state index contributed by atoms with van der Waals surface area (Å²) in [5.74, 6) is -1.44. The molecule has 1 fully saturated rings. The number of Topliss-reactive ketones (excluding diaryl/α,β-unsaturated/α-hetero) is 1. The number of halogens is 1. The van der Waals surface area contributed by atoms with E-state index in [0.29, 0.717) is 32.6 Å². The summed E-state index contributed by atoms with van der Waals surface area (Å²) in [4.78, 5) is 33.3. The number of amides is 1. The van der Waals surface area contributed by atoms with Gasteiger partial charge >= 0.3 is 5.91 Å². The summed E-state index contributed by atoms with van der Waals surface area (Å²) in [5, 5.41) is 20.4. The van der Waals surface area contributed by atoms with Crippen LogP contribution in [0.4, 0.5) is 9.52 Å². The molecule has 0 aliphatic carbocycles. The van der Waals surface area contributed by atoms with Crippen LogP contribution in [0.3, 0.4) is 0 Å². The molecule has 1 atom stereocenters. The number of nitrogens with zero attached hydrogens (tertiary/aromatic N) is 5. The Morgan fingerprint density at radius 1 is 1.02 bits per heavy atom. The van der Waals surface area contributed by atoms with E-state index in [1.807, 2.05) is 0 Å².